The molecule has 0 aliphatic rings. The van der Waals surface area contributed by atoms with Crippen molar-refractivity contribution in [2.45, 2.75) is 25.9 Å². The van der Waals surface area contributed by atoms with E-state index in [4.69, 9.17) is 71.1 Å². The molecule has 58 heavy (non-hydrogen) atoms. The highest BCUT2D eigenvalue weighted by Crippen LogP contribution is 2.31. The summed E-state index contributed by atoms with van der Waals surface area (Å²) in [5.74, 6) is 1.25. The number of imidazole rings is 2. The molecule has 8 rings (SSSR count). The second-order valence-electron chi connectivity index (χ2n) is 13.3. The van der Waals surface area contributed by atoms with E-state index in [9.17, 15) is 0 Å². The molecule has 2 aromatic heterocycles. The average molecular weight is 853 g/mol. The predicted octanol–water partition coefficient (Wildman–Crippen LogP) is 12.3. The molecule has 8 aromatic rings. The molecule has 0 saturated carbocycles. The molecule has 6 aromatic carbocycles. The Bertz CT molecular complexity index is 2660. The first-order valence-electron chi connectivity index (χ1n) is 18.5. The number of rotatable bonds is 13. The summed E-state index contributed by atoms with van der Waals surface area (Å²) in [5, 5.41) is 20.8. The van der Waals surface area contributed by atoms with Gasteiger partial charge in [0.25, 0.3) is 0 Å². The van der Waals surface area contributed by atoms with Gasteiger partial charge in [0.1, 0.15) is 11.5 Å². The number of hydrogen-bond donors (Lipinski definition) is 2. The van der Waals surface area contributed by atoms with Gasteiger partial charge in [-0.25, -0.2) is 0 Å². The smallest absolute Gasteiger partial charge is 0.303 e. The van der Waals surface area contributed by atoms with Crippen LogP contribution < -0.4 is 9.47 Å². The maximum atomic E-state index is 9.14. The number of aromatic nitrogens is 4. The van der Waals surface area contributed by atoms with Crippen LogP contribution in [-0.4, -0.2) is 42.5 Å². The summed E-state index contributed by atoms with van der Waals surface area (Å²) in [5.41, 5.74) is 7.85. The van der Waals surface area contributed by atoms with E-state index in [2.05, 4.69) is 11.1 Å². The molecule has 0 unspecified atom stereocenters. The summed E-state index contributed by atoms with van der Waals surface area (Å²) in [6.07, 6.45) is 5.10. The van der Waals surface area contributed by atoms with Crippen LogP contribution in [0.15, 0.2) is 140 Å². The van der Waals surface area contributed by atoms with Crippen LogP contribution in [0.1, 0.15) is 28.7 Å². The van der Waals surface area contributed by atoms with Crippen LogP contribution in [0.25, 0.3) is 28.1 Å². The Morgan fingerprint density at radius 2 is 1.03 bits per heavy atom. The van der Waals surface area contributed by atoms with E-state index in [0.29, 0.717) is 56.7 Å². The van der Waals surface area contributed by atoms with Crippen molar-refractivity contribution in [3.05, 3.63) is 182 Å². The van der Waals surface area contributed by atoms with Gasteiger partial charge in [0, 0.05) is 26.7 Å². The lowest BCUT2D eigenvalue weighted by molar-refractivity contribution is 0.288. The van der Waals surface area contributed by atoms with Gasteiger partial charge >= 0.3 is 12.0 Å². The first-order chi connectivity index (χ1) is 28.2. The zero-order chi connectivity index (χ0) is 40.4. The molecular weight excluding hydrogens is 814 g/mol. The lowest BCUT2D eigenvalue weighted by Crippen LogP contribution is -2.03. The highest BCUT2D eigenvalue weighted by atomic mass is 35.5. The van der Waals surface area contributed by atoms with Crippen molar-refractivity contribution in [1.82, 2.24) is 19.1 Å². The third-order valence-corrected chi connectivity index (χ3v) is 10.0. The minimum atomic E-state index is -0.00873. The van der Waals surface area contributed by atoms with Crippen LogP contribution >= 0.6 is 46.4 Å². The maximum absolute atomic E-state index is 9.14. The molecule has 294 valence electrons. The van der Waals surface area contributed by atoms with Crippen molar-refractivity contribution >= 4 is 74.5 Å². The number of halogens is 4. The average Bonchev–Trinajstić information content (AvgIpc) is 3.73. The Hall–Kier alpha value is -5.32. The first-order valence-corrected chi connectivity index (χ1v) is 20.0. The summed E-state index contributed by atoms with van der Waals surface area (Å²) < 4.78 is 16.2. The number of fused-ring (bicyclic) bond motifs is 2. The van der Waals surface area contributed by atoms with Crippen LogP contribution in [-0.2, 0) is 19.5 Å². The zero-order valence-electron chi connectivity index (χ0n) is 31.1. The third kappa shape index (κ3) is 10.6. The van der Waals surface area contributed by atoms with E-state index < -0.39 is 0 Å². The molecule has 0 bridgehead atoms. The fourth-order valence-corrected chi connectivity index (χ4v) is 6.89. The lowest BCUT2D eigenvalue weighted by Gasteiger charge is -2.11. The predicted molar refractivity (Wildman–Crippen MR) is 235 cm³/mol. The molecule has 0 radical (unpaired) electrons. The van der Waals surface area contributed by atoms with Crippen LogP contribution in [0, 0.1) is 0 Å². The van der Waals surface area contributed by atoms with E-state index in [1.807, 2.05) is 118 Å². The molecular formula is C46H38Cl4N4O4. The minimum absolute atomic E-state index is 0.00873. The third-order valence-electron chi connectivity index (χ3n) is 9.07. The molecule has 0 spiro atoms. The fourth-order valence-electron chi connectivity index (χ4n) is 6.27. The Balaban J connectivity index is 0.000000177. The molecule has 8 nitrogen and oxygen atoms in total. The minimum Gasteiger partial charge on any atom is -0.425 e. The normalized spacial score (nSPS) is 11.3. The van der Waals surface area contributed by atoms with Gasteiger partial charge in [-0.2, -0.15) is 9.97 Å². The van der Waals surface area contributed by atoms with Crippen molar-refractivity contribution in [2.75, 3.05) is 13.2 Å². The van der Waals surface area contributed by atoms with Gasteiger partial charge in [-0.15, -0.1) is 0 Å². The molecule has 0 amide bonds. The molecule has 0 saturated heterocycles. The van der Waals surface area contributed by atoms with Crippen LogP contribution in [0.5, 0.6) is 23.5 Å². The molecule has 0 atom stereocenters. The molecule has 0 aliphatic carbocycles. The number of nitrogens with zero attached hydrogens (tertiary/aromatic N) is 4. The summed E-state index contributed by atoms with van der Waals surface area (Å²) in [6.45, 7) is 1.32. The second-order valence-corrected chi connectivity index (χ2v) is 15.1. The van der Waals surface area contributed by atoms with Crippen molar-refractivity contribution < 1.29 is 19.7 Å². The van der Waals surface area contributed by atoms with Crippen molar-refractivity contribution in [2.24, 2.45) is 0 Å². The van der Waals surface area contributed by atoms with Gasteiger partial charge in [-0.3, -0.25) is 9.13 Å². The molecule has 2 N–H and O–H groups in total. The Labute approximate surface area is 356 Å². The number of hydrogen-bond acceptors (Lipinski definition) is 6. The summed E-state index contributed by atoms with van der Waals surface area (Å²) in [7, 11) is 0. The fraction of sp³-hybridized carbons (Fsp3) is 0.130. The quantitative estimate of drug-likeness (QED) is 0.120. The van der Waals surface area contributed by atoms with Gasteiger partial charge < -0.3 is 19.7 Å². The van der Waals surface area contributed by atoms with E-state index in [-0.39, 0.29) is 13.2 Å². The monoisotopic (exact) mass is 850 g/mol. The highest BCUT2D eigenvalue weighted by molar-refractivity contribution is 6.31. The van der Waals surface area contributed by atoms with Gasteiger partial charge in [0.2, 0.25) is 0 Å². The summed E-state index contributed by atoms with van der Waals surface area (Å²) in [6, 6.07) is 42.9. The van der Waals surface area contributed by atoms with Crippen LogP contribution in [0.2, 0.25) is 20.1 Å². The number of benzene rings is 6. The van der Waals surface area contributed by atoms with Gasteiger partial charge in [0.05, 0.1) is 41.8 Å². The van der Waals surface area contributed by atoms with Crippen molar-refractivity contribution in [3.63, 3.8) is 0 Å². The van der Waals surface area contributed by atoms with Crippen LogP contribution in [0.4, 0.5) is 0 Å². The number of aryl methyl sites for hydroxylation is 1. The zero-order valence-corrected chi connectivity index (χ0v) is 34.1. The van der Waals surface area contributed by atoms with E-state index >= 15 is 0 Å². The van der Waals surface area contributed by atoms with Crippen molar-refractivity contribution in [3.8, 4) is 23.5 Å². The van der Waals surface area contributed by atoms with Crippen LogP contribution in [0.3, 0.4) is 0 Å². The van der Waals surface area contributed by atoms with E-state index in [1.165, 1.54) is 0 Å². The Morgan fingerprint density at radius 3 is 1.53 bits per heavy atom. The Kier molecular flexibility index (Phi) is 13.7. The van der Waals surface area contributed by atoms with Gasteiger partial charge in [-0.1, -0.05) is 107 Å². The molecule has 0 fully saturated rings. The highest BCUT2D eigenvalue weighted by Gasteiger charge is 2.16. The second kappa shape index (κ2) is 19.4. The number of aliphatic hydroxyl groups is 2. The largest absolute Gasteiger partial charge is 0.425 e. The number of aliphatic hydroxyl groups excluding tert-OH is 2. The van der Waals surface area contributed by atoms with E-state index in [1.54, 1.807) is 30.3 Å². The molecule has 12 heteroatoms. The summed E-state index contributed by atoms with van der Waals surface area (Å²) in [4.78, 5) is 9.37. The number of ether oxygens (including phenoxy) is 2. The Morgan fingerprint density at radius 1 is 0.534 bits per heavy atom. The molecule has 2 heterocycles. The van der Waals surface area contributed by atoms with Gasteiger partial charge in [0.15, 0.2) is 0 Å². The first kappa shape index (κ1) is 40.9. The molecule has 0 aliphatic heterocycles. The van der Waals surface area contributed by atoms with Crippen molar-refractivity contribution in [1.29, 1.82) is 0 Å². The van der Waals surface area contributed by atoms with Gasteiger partial charge in [-0.05, 0) is 120 Å². The van der Waals surface area contributed by atoms with E-state index in [0.717, 1.165) is 57.2 Å². The SMILES string of the molecule is OC/C=C/c1ccc2nc(Oc3cccc(Cl)c3)n(Cc3ccc(Cl)cc3)c2c1.OCCCc1ccc2nc(Oc3cccc(Cl)c3)n(Cc3ccc(Cl)cc3)c2c1. The lowest BCUT2D eigenvalue weighted by atomic mass is 10.1. The maximum Gasteiger partial charge on any atom is 0.303 e. The topological polar surface area (TPSA) is 94.6 Å². The summed E-state index contributed by atoms with van der Waals surface area (Å²) >= 11 is 24.3. The standard InChI is InChI=1S/C23H20Cl2N2O2.C23H18Cl2N2O2/c2*24-18-9-6-17(7-10-18)15-27-22-13-16(3-2-12-28)8-11-21(22)26-23(27)29-20-5-1-4-19(25)14-20/h1,4-11,13-14,28H,2-3,12,15H2;1-11,13-14,28H,12,15H2/b;3-2+.